The van der Waals surface area contributed by atoms with E-state index in [0.717, 1.165) is 4.31 Å². The molecule has 22 heavy (non-hydrogen) atoms. The van der Waals surface area contributed by atoms with Crippen LogP contribution in [0.15, 0.2) is 29.2 Å². The average Bonchev–Trinajstić information content (AvgIpc) is 2.43. The number of carboxylic acids is 1. The van der Waals surface area contributed by atoms with E-state index in [1.54, 1.807) is 13.8 Å². The number of carbonyl (C=O) groups excluding carboxylic acids is 1. The summed E-state index contributed by atoms with van der Waals surface area (Å²) in [5, 5.41) is 11.5. The lowest BCUT2D eigenvalue weighted by atomic mass is 10.0. The van der Waals surface area contributed by atoms with Crippen LogP contribution in [0.2, 0.25) is 0 Å². The number of nitrogens with one attached hydrogen (secondary N) is 1. The van der Waals surface area contributed by atoms with Crippen molar-refractivity contribution in [1.82, 2.24) is 9.62 Å². The van der Waals surface area contributed by atoms with Gasteiger partial charge in [-0.25, -0.2) is 17.5 Å². The first-order valence-electron chi connectivity index (χ1n) is 6.63. The highest BCUT2D eigenvalue weighted by atomic mass is 32.2. The molecule has 1 aromatic rings. The van der Waals surface area contributed by atoms with E-state index in [1.165, 1.54) is 38.4 Å². The Hall–Kier alpha value is -1.93. The summed E-state index contributed by atoms with van der Waals surface area (Å²) >= 11 is 0. The fourth-order valence-electron chi connectivity index (χ4n) is 1.73. The van der Waals surface area contributed by atoms with Crippen molar-refractivity contribution in [3.05, 3.63) is 29.8 Å². The molecule has 0 aromatic heterocycles. The Labute approximate surface area is 130 Å². The molecule has 0 aliphatic carbocycles. The summed E-state index contributed by atoms with van der Waals surface area (Å²) in [7, 11) is -0.736. The predicted octanol–water partition coefficient (Wildman–Crippen LogP) is 0.776. The molecular weight excluding hydrogens is 308 g/mol. The van der Waals surface area contributed by atoms with E-state index in [0.29, 0.717) is 0 Å². The Morgan fingerprint density at radius 3 is 2.00 bits per heavy atom. The van der Waals surface area contributed by atoms with Gasteiger partial charge in [0.25, 0.3) is 5.91 Å². The lowest BCUT2D eigenvalue weighted by molar-refractivity contribution is -0.140. The van der Waals surface area contributed by atoms with Crippen LogP contribution < -0.4 is 5.32 Å². The molecule has 0 heterocycles. The number of benzene rings is 1. The molecule has 1 amide bonds. The molecule has 0 aliphatic heterocycles. The second kappa shape index (κ2) is 6.89. The molecule has 0 saturated carbocycles. The van der Waals surface area contributed by atoms with Crippen LogP contribution in [0.1, 0.15) is 24.2 Å². The van der Waals surface area contributed by atoms with Gasteiger partial charge in [-0.2, -0.15) is 0 Å². The minimum absolute atomic E-state index is 0.0627. The summed E-state index contributed by atoms with van der Waals surface area (Å²) in [4.78, 5) is 23.2. The molecule has 0 radical (unpaired) electrons. The summed E-state index contributed by atoms with van der Waals surface area (Å²) in [6, 6.07) is 4.33. The van der Waals surface area contributed by atoms with Gasteiger partial charge in [-0.05, 0) is 30.2 Å². The van der Waals surface area contributed by atoms with Crippen LogP contribution in [0.5, 0.6) is 0 Å². The fourth-order valence-corrected chi connectivity index (χ4v) is 2.63. The van der Waals surface area contributed by atoms with E-state index < -0.39 is 27.9 Å². The van der Waals surface area contributed by atoms with Gasteiger partial charge >= 0.3 is 5.97 Å². The van der Waals surface area contributed by atoms with Crippen LogP contribution in [0.3, 0.4) is 0 Å². The van der Waals surface area contributed by atoms with E-state index >= 15 is 0 Å². The minimum atomic E-state index is -3.56. The Bertz CT molecular complexity index is 650. The molecule has 2 N–H and O–H groups in total. The average molecular weight is 328 g/mol. The lowest BCUT2D eigenvalue weighted by Crippen LogP contribution is -2.44. The smallest absolute Gasteiger partial charge is 0.326 e. The molecule has 122 valence electrons. The van der Waals surface area contributed by atoms with Crippen molar-refractivity contribution in [2.24, 2.45) is 5.92 Å². The Morgan fingerprint density at radius 2 is 1.64 bits per heavy atom. The summed E-state index contributed by atoms with van der Waals surface area (Å²) in [6.07, 6.45) is 0. The van der Waals surface area contributed by atoms with Crippen LogP contribution in [-0.2, 0) is 14.8 Å². The Balaban J connectivity index is 2.96. The number of rotatable bonds is 6. The zero-order valence-corrected chi connectivity index (χ0v) is 13.7. The van der Waals surface area contributed by atoms with Gasteiger partial charge in [-0.1, -0.05) is 13.8 Å². The third-order valence-electron chi connectivity index (χ3n) is 3.11. The van der Waals surface area contributed by atoms with Crippen molar-refractivity contribution < 1.29 is 23.1 Å². The van der Waals surface area contributed by atoms with Gasteiger partial charge in [0, 0.05) is 19.7 Å². The van der Waals surface area contributed by atoms with Gasteiger partial charge in [0.15, 0.2) is 0 Å². The van der Waals surface area contributed by atoms with Crippen LogP contribution >= 0.6 is 0 Å². The molecule has 1 unspecified atom stereocenters. The summed E-state index contributed by atoms with van der Waals surface area (Å²) in [6.45, 7) is 3.37. The number of nitrogens with zero attached hydrogens (tertiary/aromatic N) is 1. The van der Waals surface area contributed by atoms with Gasteiger partial charge in [0.05, 0.1) is 4.90 Å². The molecule has 0 spiro atoms. The van der Waals surface area contributed by atoms with Gasteiger partial charge in [0.2, 0.25) is 10.0 Å². The van der Waals surface area contributed by atoms with E-state index in [2.05, 4.69) is 5.32 Å². The van der Waals surface area contributed by atoms with E-state index in [4.69, 9.17) is 5.11 Å². The van der Waals surface area contributed by atoms with Crippen molar-refractivity contribution in [2.45, 2.75) is 24.8 Å². The van der Waals surface area contributed by atoms with Crippen LogP contribution in [0, 0.1) is 5.92 Å². The maximum absolute atomic E-state index is 12.0. The number of aliphatic carboxylic acids is 1. The third kappa shape index (κ3) is 4.05. The van der Waals surface area contributed by atoms with Gasteiger partial charge in [-0.3, -0.25) is 4.79 Å². The van der Waals surface area contributed by atoms with Gasteiger partial charge in [-0.15, -0.1) is 0 Å². The highest BCUT2D eigenvalue weighted by Crippen LogP contribution is 2.14. The SMILES string of the molecule is CC(C)C(NC(=O)c1ccc(S(=O)(=O)N(C)C)cc1)C(=O)O. The molecule has 1 rings (SSSR count). The number of hydrogen-bond acceptors (Lipinski definition) is 4. The molecule has 0 aliphatic rings. The monoisotopic (exact) mass is 328 g/mol. The first-order valence-corrected chi connectivity index (χ1v) is 8.07. The number of amides is 1. The molecule has 7 nitrogen and oxygen atoms in total. The Morgan fingerprint density at radius 1 is 1.14 bits per heavy atom. The van der Waals surface area contributed by atoms with Crippen molar-refractivity contribution in [2.75, 3.05) is 14.1 Å². The van der Waals surface area contributed by atoms with E-state index in [9.17, 15) is 18.0 Å². The summed E-state index contributed by atoms with van der Waals surface area (Å²) < 4.78 is 24.9. The number of sulfonamides is 1. The van der Waals surface area contributed by atoms with Crippen LogP contribution in [0.4, 0.5) is 0 Å². The minimum Gasteiger partial charge on any atom is -0.480 e. The van der Waals surface area contributed by atoms with Crippen LogP contribution in [-0.4, -0.2) is 49.8 Å². The van der Waals surface area contributed by atoms with Gasteiger partial charge in [0.1, 0.15) is 6.04 Å². The topological polar surface area (TPSA) is 104 Å². The first kappa shape index (κ1) is 18.1. The molecule has 0 saturated heterocycles. The van der Waals surface area contributed by atoms with Crippen LogP contribution in [0.25, 0.3) is 0 Å². The fraction of sp³-hybridized carbons (Fsp3) is 0.429. The van der Waals surface area contributed by atoms with Crippen molar-refractivity contribution in [3.8, 4) is 0 Å². The number of carbonyl (C=O) groups is 2. The highest BCUT2D eigenvalue weighted by molar-refractivity contribution is 7.89. The molecule has 1 aromatic carbocycles. The second-order valence-corrected chi connectivity index (χ2v) is 7.50. The third-order valence-corrected chi connectivity index (χ3v) is 4.94. The predicted molar refractivity (Wildman–Crippen MR) is 81.0 cm³/mol. The van der Waals surface area contributed by atoms with Crippen molar-refractivity contribution in [1.29, 1.82) is 0 Å². The zero-order chi connectivity index (χ0) is 17.1. The summed E-state index contributed by atoms with van der Waals surface area (Å²) in [5.41, 5.74) is 0.199. The quantitative estimate of drug-likeness (QED) is 0.803. The standard InChI is InChI=1S/C14H20N2O5S/c1-9(2)12(14(18)19)15-13(17)10-5-7-11(8-6-10)22(20,21)16(3)4/h5-9,12H,1-4H3,(H,15,17)(H,18,19). The molecule has 0 fully saturated rings. The number of carboxylic acid groups (broad SMARTS) is 1. The molecule has 0 bridgehead atoms. The summed E-state index contributed by atoms with van der Waals surface area (Å²) in [5.74, 6) is -1.94. The number of hydrogen-bond donors (Lipinski definition) is 2. The van der Waals surface area contributed by atoms with Crippen molar-refractivity contribution >= 4 is 21.9 Å². The Kier molecular flexibility index (Phi) is 5.67. The maximum atomic E-state index is 12.0. The maximum Gasteiger partial charge on any atom is 0.326 e. The zero-order valence-electron chi connectivity index (χ0n) is 12.9. The normalized spacial score (nSPS) is 13.2. The second-order valence-electron chi connectivity index (χ2n) is 5.35. The highest BCUT2D eigenvalue weighted by Gasteiger charge is 2.24. The van der Waals surface area contributed by atoms with E-state index in [1.807, 2.05) is 0 Å². The lowest BCUT2D eigenvalue weighted by Gasteiger charge is -2.18. The first-order chi connectivity index (χ1) is 10.1. The van der Waals surface area contributed by atoms with E-state index in [-0.39, 0.29) is 16.4 Å². The molecular formula is C14H20N2O5S. The van der Waals surface area contributed by atoms with Gasteiger partial charge < -0.3 is 10.4 Å². The molecule has 1 atom stereocenters. The van der Waals surface area contributed by atoms with Crippen molar-refractivity contribution in [3.63, 3.8) is 0 Å². The largest absolute Gasteiger partial charge is 0.480 e. The molecule has 8 heteroatoms.